The Bertz CT molecular complexity index is 802. The second-order valence-corrected chi connectivity index (χ2v) is 7.59. The van der Waals surface area contributed by atoms with Gasteiger partial charge < -0.3 is 10.6 Å². The van der Waals surface area contributed by atoms with Crippen LogP contribution in [0, 0.1) is 19.7 Å². The van der Waals surface area contributed by atoms with E-state index in [0.29, 0.717) is 18.5 Å². The number of fused-ring (bicyclic) bond motifs is 2. The van der Waals surface area contributed by atoms with Crippen molar-refractivity contribution >= 4 is 5.91 Å². The Labute approximate surface area is 153 Å². The number of hydrogen-bond donors (Lipinski definition) is 2. The molecular weight excluding hydrogens is 331 g/mol. The summed E-state index contributed by atoms with van der Waals surface area (Å²) in [7, 11) is 0. The molecule has 138 valence electrons. The van der Waals surface area contributed by atoms with Gasteiger partial charge in [0.15, 0.2) is 0 Å². The zero-order valence-electron chi connectivity index (χ0n) is 15.3. The van der Waals surface area contributed by atoms with Crippen LogP contribution in [-0.4, -0.2) is 33.8 Å². The number of aromatic nitrogens is 2. The first-order chi connectivity index (χ1) is 12.5. The molecule has 26 heavy (non-hydrogen) atoms. The summed E-state index contributed by atoms with van der Waals surface area (Å²) in [6.07, 6.45) is 4.82. The average molecular weight is 356 g/mol. The zero-order valence-corrected chi connectivity index (χ0v) is 15.3. The third kappa shape index (κ3) is 3.38. The van der Waals surface area contributed by atoms with Gasteiger partial charge in [-0.15, -0.1) is 0 Å². The van der Waals surface area contributed by atoms with E-state index >= 15 is 0 Å². The van der Waals surface area contributed by atoms with Gasteiger partial charge in [-0.25, -0.2) is 9.07 Å². The smallest absolute Gasteiger partial charge is 0.224 e. The van der Waals surface area contributed by atoms with Crippen LogP contribution in [0.4, 0.5) is 4.39 Å². The van der Waals surface area contributed by atoms with Crippen molar-refractivity contribution in [2.24, 2.45) is 0 Å². The number of rotatable bonds is 4. The van der Waals surface area contributed by atoms with Gasteiger partial charge in [0.05, 0.1) is 17.8 Å². The molecule has 1 aromatic heterocycles. The monoisotopic (exact) mass is 356 g/mol. The number of halogens is 1. The van der Waals surface area contributed by atoms with Gasteiger partial charge in [0, 0.05) is 29.4 Å². The predicted molar refractivity (Wildman–Crippen MR) is 97.8 cm³/mol. The minimum atomic E-state index is -0.272. The van der Waals surface area contributed by atoms with Crippen LogP contribution in [-0.2, 0) is 11.2 Å². The molecule has 2 atom stereocenters. The van der Waals surface area contributed by atoms with Crippen LogP contribution in [0.25, 0.3) is 5.69 Å². The van der Waals surface area contributed by atoms with E-state index in [1.807, 2.05) is 13.8 Å². The van der Waals surface area contributed by atoms with E-state index in [0.717, 1.165) is 35.5 Å². The van der Waals surface area contributed by atoms with Crippen molar-refractivity contribution in [3.63, 3.8) is 0 Å². The molecule has 1 aromatic carbocycles. The fraction of sp³-hybridized carbons (Fsp3) is 0.500. The van der Waals surface area contributed by atoms with Crippen molar-refractivity contribution in [1.82, 2.24) is 20.4 Å². The zero-order chi connectivity index (χ0) is 18.3. The molecule has 2 aromatic rings. The summed E-state index contributed by atoms with van der Waals surface area (Å²) in [6, 6.07) is 7.63. The maximum absolute atomic E-state index is 13.2. The summed E-state index contributed by atoms with van der Waals surface area (Å²) in [4.78, 5) is 12.6. The number of carbonyl (C=O) groups is 1. The highest BCUT2D eigenvalue weighted by molar-refractivity contribution is 5.79. The lowest BCUT2D eigenvalue weighted by atomic mass is 9.99. The van der Waals surface area contributed by atoms with Crippen molar-refractivity contribution in [3.8, 4) is 5.69 Å². The number of amides is 1. The second kappa shape index (κ2) is 6.83. The summed E-state index contributed by atoms with van der Waals surface area (Å²) in [5, 5.41) is 11.4. The van der Waals surface area contributed by atoms with Crippen LogP contribution in [0.3, 0.4) is 0 Å². The lowest BCUT2D eigenvalue weighted by molar-refractivity contribution is -0.121. The Balaban J connectivity index is 1.46. The molecular formula is C20H25FN4O. The summed E-state index contributed by atoms with van der Waals surface area (Å²) in [5.74, 6) is -0.216. The molecule has 0 aliphatic carbocycles. The van der Waals surface area contributed by atoms with Crippen molar-refractivity contribution in [2.45, 2.75) is 64.1 Å². The van der Waals surface area contributed by atoms with Crippen molar-refractivity contribution in [1.29, 1.82) is 0 Å². The predicted octanol–water partition coefficient (Wildman–Crippen LogP) is 2.57. The van der Waals surface area contributed by atoms with Gasteiger partial charge in [-0.1, -0.05) is 0 Å². The summed E-state index contributed by atoms with van der Waals surface area (Å²) < 4.78 is 14.9. The van der Waals surface area contributed by atoms with Gasteiger partial charge in [0.25, 0.3) is 0 Å². The summed E-state index contributed by atoms with van der Waals surface area (Å²) in [6.45, 7) is 3.87. The molecule has 2 saturated heterocycles. The standard InChI is InChI=1S/C20H25FN4O/c1-12-19(13(2)25(24-12)18-7-3-14(21)4-8-18)11-20(26)23-17-9-15-5-6-16(10-17)22-15/h3-4,7-8,15-17,22H,5-6,9-11H2,1-2H3,(H,23,26). The molecule has 2 N–H and O–H groups in total. The molecule has 4 rings (SSSR count). The number of piperidine rings is 1. The molecule has 1 amide bonds. The molecule has 2 aliphatic rings. The molecule has 0 saturated carbocycles. The van der Waals surface area contributed by atoms with Gasteiger partial charge in [0.2, 0.25) is 5.91 Å². The minimum Gasteiger partial charge on any atom is -0.353 e. The van der Waals surface area contributed by atoms with Gasteiger partial charge >= 0.3 is 0 Å². The topological polar surface area (TPSA) is 59.0 Å². The quantitative estimate of drug-likeness (QED) is 0.885. The Morgan fingerprint density at radius 3 is 2.54 bits per heavy atom. The number of nitrogens with one attached hydrogen (secondary N) is 2. The third-order valence-corrected chi connectivity index (χ3v) is 5.69. The second-order valence-electron chi connectivity index (χ2n) is 7.59. The number of nitrogens with zero attached hydrogens (tertiary/aromatic N) is 2. The van der Waals surface area contributed by atoms with Crippen LogP contribution < -0.4 is 10.6 Å². The van der Waals surface area contributed by atoms with Gasteiger partial charge in [-0.3, -0.25) is 4.79 Å². The van der Waals surface area contributed by atoms with Crippen LogP contribution in [0.1, 0.15) is 42.6 Å². The number of aryl methyl sites for hydroxylation is 1. The Morgan fingerprint density at radius 2 is 1.88 bits per heavy atom. The highest BCUT2D eigenvalue weighted by Crippen LogP contribution is 2.27. The first-order valence-electron chi connectivity index (χ1n) is 9.36. The number of carbonyl (C=O) groups excluding carboxylic acids is 1. The van der Waals surface area contributed by atoms with Gasteiger partial charge in [-0.2, -0.15) is 5.10 Å². The lowest BCUT2D eigenvalue weighted by Gasteiger charge is -2.29. The van der Waals surface area contributed by atoms with E-state index in [-0.39, 0.29) is 17.8 Å². The van der Waals surface area contributed by atoms with E-state index < -0.39 is 0 Å². The molecule has 5 nitrogen and oxygen atoms in total. The molecule has 2 bridgehead atoms. The third-order valence-electron chi connectivity index (χ3n) is 5.69. The maximum Gasteiger partial charge on any atom is 0.224 e. The SMILES string of the molecule is Cc1nn(-c2ccc(F)cc2)c(C)c1CC(=O)NC1CC2CCC(C1)N2. The van der Waals surface area contributed by atoms with E-state index in [4.69, 9.17) is 0 Å². The molecule has 0 radical (unpaired) electrons. The van der Waals surface area contributed by atoms with Crippen molar-refractivity contribution in [3.05, 3.63) is 47.0 Å². The van der Waals surface area contributed by atoms with Crippen LogP contribution >= 0.6 is 0 Å². The number of hydrogen-bond acceptors (Lipinski definition) is 3. The molecule has 2 aliphatic heterocycles. The Morgan fingerprint density at radius 1 is 1.23 bits per heavy atom. The van der Waals surface area contributed by atoms with E-state index in [1.165, 1.54) is 25.0 Å². The van der Waals surface area contributed by atoms with Crippen molar-refractivity contribution in [2.75, 3.05) is 0 Å². The van der Waals surface area contributed by atoms with Crippen molar-refractivity contribution < 1.29 is 9.18 Å². The largest absolute Gasteiger partial charge is 0.353 e. The molecule has 3 heterocycles. The van der Waals surface area contributed by atoms with Crippen LogP contribution in [0.2, 0.25) is 0 Å². The fourth-order valence-corrected chi connectivity index (χ4v) is 4.38. The molecule has 0 spiro atoms. The highest BCUT2D eigenvalue weighted by atomic mass is 19.1. The Kier molecular flexibility index (Phi) is 4.53. The van der Waals surface area contributed by atoms with Gasteiger partial charge in [0.1, 0.15) is 5.82 Å². The minimum absolute atomic E-state index is 0.0566. The molecule has 2 fully saturated rings. The first kappa shape index (κ1) is 17.2. The number of benzene rings is 1. The average Bonchev–Trinajstić information content (AvgIpc) is 3.09. The normalized spacial score (nSPS) is 24.7. The van der Waals surface area contributed by atoms with Gasteiger partial charge in [-0.05, 0) is 63.8 Å². The first-order valence-corrected chi connectivity index (χ1v) is 9.36. The highest BCUT2D eigenvalue weighted by Gasteiger charge is 2.34. The lowest BCUT2D eigenvalue weighted by Crippen LogP contribution is -2.48. The van der Waals surface area contributed by atoms with E-state index in [1.54, 1.807) is 16.8 Å². The fourth-order valence-electron chi connectivity index (χ4n) is 4.38. The van der Waals surface area contributed by atoms with E-state index in [2.05, 4.69) is 15.7 Å². The molecule has 6 heteroatoms. The maximum atomic E-state index is 13.2. The molecule has 2 unspecified atom stereocenters. The summed E-state index contributed by atoms with van der Waals surface area (Å²) >= 11 is 0. The van der Waals surface area contributed by atoms with Crippen LogP contribution in [0.15, 0.2) is 24.3 Å². The summed E-state index contributed by atoms with van der Waals surface area (Å²) in [5.41, 5.74) is 3.51. The Hall–Kier alpha value is -2.21. The van der Waals surface area contributed by atoms with E-state index in [9.17, 15) is 9.18 Å². The van der Waals surface area contributed by atoms with Crippen LogP contribution in [0.5, 0.6) is 0 Å².